The van der Waals surface area contributed by atoms with Crippen LogP contribution >= 0.6 is 11.6 Å². The van der Waals surface area contributed by atoms with Gasteiger partial charge in [0.15, 0.2) is 0 Å². The maximum atomic E-state index is 11.2. The lowest BCUT2D eigenvalue weighted by Crippen LogP contribution is -2.41. The molecular formula is C17H16ClNO3. The molecule has 0 aliphatic carbocycles. The molecule has 3 rings (SSSR count). The normalized spacial score (nSPS) is 16.4. The van der Waals surface area contributed by atoms with Crippen LogP contribution in [0.5, 0.6) is 17.2 Å². The first kappa shape index (κ1) is 14.7. The lowest BCUT2D eigenvalue weighted by atomic mass is 10.0. The SMILES string of the molecule is CC(=O)NC1COc2cccc(Oc3ccc(Cl)cc3)c2C1. The van der Waals surface area contributed by atoms with Gasteiger partial charge >= 0.3 is 0 Å². The molecule has 0 saturated heterocycles. The van der Waals surface area contributed by atoms with Crippen molar-refractivity contribution in [2.45, 2.75) is 19.4 Å². The highest BCUT2D eigenvalue weighted by atomic mass is 35.5. The van der Waals surface area contributed by atoms with E-state index in [2.05, 4.69) is 5.32 Å². The number of rotatable bonds is 3. The molecule has 2 aromatic rings. The lowest BCUT2D eigenvalue weighted by Gasteiger charge is -2.27. The van der Waals surface area contributed by atoms with E-state index in [-0.39, 0.29) is 11.9 Å². The van der Waals surface area contributed by atoms with Gasteiger partial charge < -0.3 is 14.8 Å². The van der Waals surface area contributed by atoms with Crippen LogP contribution in [0.15, 0.2) is 42.5 Å². The number of amides is 1. The van der Waals surface area contributed by atoms with Gasteiger partial charge in [0.1, 0.15) is 23.9 Å². The molecule has 0 radical (unpaired) electrons. The van der Waals surface area contributed by atoms with E-state index in [0.29, 0.717) is 23.8 Å². The molecule has 0 spiro atoms. The molecule has 4 nitrogen and oxygen atoms in total. The molecule has 1 unspecified atom stereocenters. The monoisotopic (exact) mass is 317 g/mol. The Bertz CT molecular complexity index is 685. The van der Waals surface area contributed by atoms with Crippen LogP contribution in [0.3, 0.4) is 0 Å². The molecule has 1 amide bonds. The minimum Gasteiger partial charge on any atom is -0.491 e. The number of hydrogen-bond donors (Lipinski definition) is 1. The second kappa shape index (κ2) is 6.28. The molecule has 22 heavy (non-hydrogen) atoms. The van der Waals surface area contributed by atoms with Crippen LogP contribution < -0.4 is 14.8 Å². The summed E-state index contributed by atoms with van der Waals surface area (Å²) in [6, 6.07) is 12.9. The number of benzene rings is 2. The summed E-state index contributed by atoms with van der Waals surface area (Å²) in [6.45, 7) is 1.97. The first-order valence-corrected chi connectivity index (χ1v) is 7.45. The lowest BCUT2D eigenvalue weighted by molar-refractivity contribution is -0.119. The van der Waals surface area contributed by atoms with Gasteiger partial charge in [-0.25, -0.2) is 0 Å². The maximum absolute atomic E-state index is 11.2. The van der Waals surface area contributed by atoms with Crippen molar-refractivity contribution in [2.75, 3.05) is 6.61 Å². The first-order chi connectivity index (χ1) is 10.6. The molecule has 1 aliphatic heterocycles. The first-order valence-electron chi connectivity index (χ1n) is 7.07. The minimum atomic E-state index is -0.0619. The Hall–Kier alpha value is -2.20. The number of carbonyl (C=O) groups excluding carboxylic acids is 1. The Labute approximate surface area is 134 Å². The zero-order valence-electron chi connectivity index (χ0n) is 12.1. The molecule has 0 bridgehead atoms. The van der Waals surface area contributed by atoms with E-state index in [4.69, 9.17) is 21.1 Å². The van der Waals surface area contributed by atoms with Crippen LogP contribution in [-0.4, -0.2) is 18.6 Å². The van der Waals surface area contributed by atoms with Crippen LogP contribution in [0.25, 0.3) is 0 Å². The fourth-order valence-corrected chi connectivity index (χ4v) is 2.61. The van der Waals surface area contributed by atoms with Crippen molar-refractivity contribution in [1.82, 2.24) is 5.32 Å². The summed E-state index contributed by atoms with van der Waals surface area (Å²) in [5, 5.41) is 3.55. The molecule has 1 N–H and O–H groups in total. The molecule has 1 aliphatic rings. The summed E-state index contributed by atoms with van der Waals surface area (Å²) in [5.41, 5.74) is 0.961. The standard InChI is InChI=1S/C17H16ClNO3/c1-11(20)19-13-9-15-16(21-10-13)3-2-4-17(15)22-14-7-5-12(18)6-8-14/h2-8,13H,9-10H2,1H3,(H,19,20). The van der Waals surface area contributed by atoms with Gasteiger partial charge in [-0.1, -0.05) is 17.7 Å². The fraction of sp³-hybridized carbons (Fsp3) is 0.235. The van der Waals surface area contributed by atoms with Crippen LogP contribution in [0.2, 0.25) is 5.02 Å². The number of carbonyl (C=O) groups is 1. The summed E-state index contributed by atoms with van der Waals surface area (Å²) >= 11 is 5.88. The second-order valence-corrected chi connectivity index (χ2v) is 5.64. The maximum Gasteiger partial charge on any atom is 0.217 e. The Balaban J connectivity index is 1.84. The number of hydrogen-bond acceptors (Lipinski definition) is 3. The quantitative estimate of drug-likeness (QED) is 0.941. The molecule has 1 atom stereocenters. The van der Waals surface area contributed by atoms with Crippen LogP contribution in [-0.2, 0) is 11.2 Å². The van der Waals surface area contributed by atoms with Gasteiger partial charge in [0.05, 0.1) is 6.04 Å². The van der Waals surface area contributed by atoms with E-state index >= 15 is 0 Å². The number of ether oxygens (including phenoxy) is 2. The molecule has 2 aromatic carbocycles. The third-order valence-corrected chi connectivity index (χ3v) is 3.68. The Morgan fingerprint density at radius 3 is 2.77 bits per heavy atom. The zero-order valence-corrected chi connectivity index (χ0v) is 12.9. The molecule has 1 heterocycles. The Morgan fingerprint density at radius 1 is 1.27 bits per heavy atom. The van der Waals surface area contributed by atoms with Crippen LogP contribution in [0.4, 0.5) is 0 Å². The van der Waals surface area contributed by atoms with Gasteiger partial charge in [0.25, 0.3) is 0 Å². The number of nitrogens with one attached hydrogen (secondary N) is 1. The summed E-state index contributed by atoms with van der Waals surface area (Å²) < 4.78 is 11.7. The Kier molecular flexibility index (Phi) is 4.20. The minimum absolute atomic E-state index is 0.0417. The highest BCUT2D eigenvalue weighted by Crippen LogP contribution is 2.35. The fourth-order valence-electron chi connectivity index (χ4n) is 2.48. The summed E-state index contributed by atoms with van der Waals surface area (Å²) in [4.78, 5) is 11.2. The van der Waals surface area contributed by atoms with Crippen molar-refractivity contribution < 1.29 is 14.3 Å². The van der Waals surface area contributed by atoms with Crippen molar-refractivity contribution in [2.24, 2.45) is 0 Å². The molecular weight excluding hydrogens is 302 g/mol. The van der Waals surface area contributed by atoms with Gasteiger partial charge in [0.2, 0.25) is 5.91 Å². The van der Waals surface area contributed by atoms with Crippen LogP contribution in [0, 0.1) is 0 Å². The smallest absolute Gasteiger partial charge is 0.217 e. The van der Waals surface area contributed by atoms with Crippen molar-refractivity contribution in [1.29, 1.82) is 0 Å². The van der Waals surface area contributed by atoms with E-state index in [1.54, 1.807) is 12.1 Å². The summed E-state index contributed by atoms with van der Waals surface area (Å²) in [5.74, 6) is 2.18. The van der Waals surface area contributed by atoms with Gasteiger partial charge in [-0.3, -0.25) is 4.79 Å². The van der Waals surface area contributed by atoms with Gasteiger partial charge in [-0.2, -0.15) is 0 Å². The summed E-state index contributed by atoms with van der Waals surface area (Å²) in [7, 11) is 0. The van der Waals surface area contributed by atoms with E-state index < -0.39 is 0 Å². The second-order valence-electron chi connectivity index (χ2n) is 5.20. The average molecular weight is 318 g/mol. The highest BCUT2D eigenvalue weighted by molar-refractivity contribution is 6.30. The molecule has 114 valence electrons. The van der Waals surface area contributed by atoms with Crippen molar-refractivity contribution in [3.05, 3.63) is 53.1 Å². The largest absolute Gasteiger partial charge is 0.491 e. The van der Waals surface area contributed by atoms with Gasteiger partial charge in [-0.15, -0.1) is 0 Å². The topological polar surface area (TPSA) is 47.6 Å². The van der Waals surface area contributed by atoms with E-state index in [9.17, 15) is 4.79 Å². The molecule has 0 saturated carbocycles. The van der Waals surface area contributed by atoms with Crippen LogP contribution in [0.1, 0.15) is 12.5 Å². The zero-order chi connectivity index (χ0) is 15.5. The average Bonchev–Trinajstić information content (AvgIpc) is 2.49. The predicted octanol–water partition coefficient (Wildman–Crippen LogP) is 3.57. The van der Waals surface area contributed by atoms with Gasteiger partial charge in [-0.05, 0) is 36.4 Å². The number of fused-ring (bicyclic) bond motifs is 1. The van der Waals surface area contributed by atoms with Crippen molar-refractivity contribution in [3.8, 4) is 17.2 Å². The Morgan fingerprint density at radius 2 is 2.05 bits per heavy atom. The van der Waals surface area contributed by atoms with Crippen molar-refractivity contribution in [3.63, 3.8) is 0 Å². The number of halogens is 1. The third kappa shape index (κ3) is 3.34. The molecule has 0 fully saturated rings. The summed E-state index contributed by atoms with van der Waals surface area (Å²) in [6.07, 6.45) is 0.679. The van der Waals surface area contributed by atoms with E-state index in [0.717, 1.165) is 17.1 Å². The predicted molar refractivity (Wildman–Crippen MR) is 84.8 cm³/mol. The van der Waals surface area contributed by atoms with Gasteiger partial charge in [0, 0.05) is 23.9 Å². The van der Waals surface area contributed by atoms with Crippen molar-refractivity contribution >= 4 is 17.5 Å². The molecule has 5 heteroatoms. The van der Waals surface area contributed by atoms with E-state index in [1.165, 1.54) is 6.92 Å². The highest BCUT2D eigenvalue weighted by Gasteiger charge is 2.23. The third-order valence-electron chi connectivity index (χ3n) is 3.43. The van der Waals surface area contributed by atoms with E-state index in [1.807, 2.05) is 30.3 Å². The molecule has 0 aromatic heterocycles.